The fourth-order valence-corrected chi connectivity index (χ4v) is 5.14. The van der Waals surface area contributed by atoms with Crippen molar-refractivity contribution in [2.24, 2.45) is 5.92 Å². The molecule has 1 saturated heterocycles. The quantitative estimate of drug-likeness (QED) is 0.871. The number of carbonyl (C=O) groups excluding carboxylic acids is 1. The number of rotatable bonds is 3. The minimum atomic E-state index is -3.73. The van der Waals surface area contributed by atoms with Gasteiger partial charge in [0.15, 0.2) is 0 Å². The van der Waals surface area contributed by atoms with Gasteiger partial charge in [-0.25, -0.2) is 17.6 Å². The summed E-state index contributed by atoms with van der Waals surface area (Å²) in [6.45, 7) is 3.26. The van der Waals surface area contributed by atoms with E-state index in [2.05, 4.69) is 12.2 Å². The SMILES string of the molecule is CC1CCCCC1NC(=O)N1CCN(S(=O)(=O)c2cccc(F)c2)CC1. The van der Waals surface area contributed by atoms with Crippen LogP contribution in [0.2, 0.25) is 0 Å². The Morgan fingerprint density at radius 3 is 2.50 bits per heavy atom. The fourth-order valence-electron chi connectivity index (χ4n) is 3.69. The van der Waals surface area contributed by atoms with Crippen LogP contribution in [0.25, 0.3) is 0 Å². The molecule has 0 bridgehead atoms. The van der Waals surface area contributed by atoms with Crippen molar-refractivity contribution < 1.29 is 17.6 Å². The van der Waals surface area contributed by atoms with Crippen LogP contribution in [0, 0.1) is 11.7 Å². The highest BCUT2D eigenvalue weighted by Crippen LogP contribution is 2.24. The number of halogens is 1. The summed E-state index contributed by atoms with van der Waals surface area (Å²) in [5.41, 5.74) is 0. The van der Waals surface area contributed by atoms with E-state index in [4.69, 9.17) is 0 Å². The monoisotopic (exact) mass is 383 g/mol. The lowest BCUT2D eigenvalue weighted by atomic mass is 9.86. The van der Waals surface area contributed by atoms with E-state index in [0.29, 0.717) is 19.0 Å². The van der Waals surface area contributed by atoms with Gasteiger partial charge in [-0.3, -0.25) is 0 Å². The number of nitrogens with one attached hydrogen (secondary N) is 1. The summed E-state index contributed by atoms with van der Waals surface area (Å²) in [6, 6.07) is 5.10. The van der Waals surface area contributed by atoms with Gasteiger partial charge >= 0.3 is 6.03 Å². The van der Waals surface area contributed by atoms with Crippen LogP contribution in [-0.2, 0) is 10.0 Å². The predicted molar refractivity (Wildman–Crippen MR) is 96.7 cm³/mol. The standard InChI is InChI=1S/C18H26FN3O3S/c1-14-5-2-3-8-17(14)20-18(23)21-9-11-22(12-10-21)26(24,25)16-7-4-6-15(19)13-16/h4,6-7,13-14,17H,2-3,5,8-12H2,1H3,(H,20,23). The van der Waals surface area contributed by atoms with Crippen molar-refractivity contribution in [3.63, 3.8) is 0 Å². The van der Waals surface area contributed by atoms with Crippen LogP contribution in [0.1, 0.15) is 32.6 Å². The first kappa shape index (κ1) is 19.1. The number of nitrogens with zero attached hydrogens (tertiary/aromatic N) is 2. The zero-order valence-corrected chi connectivity index (χ0v) is 15.8. The topological polar surface area (TPSA) is 69.7 Å². The summed E-state index contributed by atoms with van der Waals surface area (Å²) in [5.74, 6) is -0.104. The Morgan fingerprint density at radius 1 is 1.15 bits per heavy atom. The molecule has 1 aromatic rings. The van der Waals surface area contributed by atoms with Crippen molar-refractivity contribution in [2.75, 3.05) is 26.2 Å². The summed E-state index contributed by atoms with van der Waals surface area (Å²) in [5, 5.41) is 3.10. The molecule has 1 aliphatic carbocycles. The molecule has 0 radical (unpaired) electrons. The fraction of sp³-hybridized carbons (Fsp3) is 0.611. The average Bonchev–Trinajstić information content (AvgIpc) is 2.63. The van der Waals surface area contributed by atoms with Crippen molar-refractivity contribution in [1.29, 1.82) is 0 Å². The van der Waals surface area contributed by atoms with Crippen molar-refractivity contribution in [3.05, 3.63) is 30.1 Å². The van der Waals surface area contributed by atoms with Gasteiger partial charge in [0.1, 0.15) is 5.82 Å². The van der Waals surface area contributed by atoms with Gasteiger partial charge in [0.25, 0.3) is 0 Å². The molecular formula is C18H26FN3O3S. The number of sulfonamides is 1. The number of hydrogen-bond donors (Lipinski definition) is 1. The van der Waals surface area contributed by atoms with E-state index in [9.17, 15) is 17.6 Å². The Hall–Kier alpha value is -1.67. The number of amides is 2. The lowest BCUT2D eigenvalue weighted by Gasteiger charge is -2.36. The van der Waals surface area contributed by atoms with Gasteiger partial charge in [-0.1, -0.05) is 25.8 Å². The maximum Gasteiger partial charge on any atom is 0.317 e. The van der Waals surface area contributed by atoms with Crippen LogP contribution >= 0.6 is 0 Å². The van der Waals surface area contributed by atoms with Gasteiger partial charge in [0.05, 0.1) is 4.90 Å². The molecule has 26 heavy (non-hydrogen) atoms. The van der Waals surface area contributed by atoms with E-state index in [-0.39, 0.29) is 30.1 Å². The van der Waals surface area contributed by atoms with Crippen LogP contribution in [-0.4, -0.2) is 55.9 Å². The Kier molecular flexibility index (Phi) is 5.82. The lowest BCUT2D eigenvalue weighted by molar-refractivity contribution is 0.161. The second-order valence-electron chi connectivity index (χ2n) is 7.17. The minimum Gasteiger partial charge on any atom is -0.335 e. The van der Waals surface area contributed by atoms with Crippen LogP contribution in [0.4, 0.5) is 9.18 Å². The van der Waals surface area contributed by atoms with E-state index in [1.807, 2.05) is 0 Å². The molecular weight excluding hydrogens is 357 g/mol. The highest BCUT2D eigenvalue weighted by Gasteiger charge is 2.31. The summed E-state index contributed by atoms with van der Waals surface area (Å²) < 4.78 is 39.9. The van der Waals surface area contributed by atoms with Gasteiger partial charge in [-0.2, -0.15) is 4.31 Å². The smallest absolute Gasteiger partial charge is 0.317 e. The van der Waals surface area contributed by atoms with E-state index in [1.54, 1.807) is 4.90 Å². The van der Waals surface area contributed by atoms with E-state index in [1.165, 1.54) is 28.9 Å². The van der Waals surface area contributed by atoms with Gasteiger partial charge in [-0.15, -0.1) is 0 Å². The second-order valence-corrected chi connectivity index (χ2v) is 9.10. The molecule has 1 heterocycles. The predicted octanol–water partition coefficient (Wildman–Crippen LogP) is 2.42. The molecule has 1 N–H and O–H groups in total. The van der Waals surface area contributed by atoms with E-state index in [0.717, 1.165) is 25.3 Å². The largest absolute Gasteiger partial charge is 0.335 e. The first-order valence-corrected chi connectivity index (χ1v) is 10.6. The zero-order valence-electron chi connectivity index (χ0n) is 15.0. The number of benzene rings is 1. The van der Waals surface area contributed by atoms with Gasteiger partial charge in [0.2, 0.25) is 10.0 Å². The molecule has 2 aliphatic rings. The molecule has 2 fully saturated rings. The van der Waals surface area contributed by atoms with Crippen LogP contribution in [0.5, 0.6) is 0 Å². The first-order valence-electron chi connectivity index (χ1n) is 9.19. The third-order valence-corrected chi connectivity index (χ3v) is 7.27. The van der Waals surface area contributed by atoms with Gasteiger partial charge < -0.3 is 10.2 Å². The number of piperazine rings is 1. The van der Waals surface area contributed by atoms with Crippen molar-refractivity contribution in [1.82, 2.24) is 14.5 Å². The molecule has 1 aliphatic heterocycles. The molecule has 1 saturated carbocycles. The summed E-state index contributed by atoms with van der Waals surface area (Å²) >= 11 is 0. The van der Waals surface area contributed by atoms with Crippen molar-refractivity contribution in [3.8, 4) is 0 Å². The van der Waals surface area contributed by atoms with Crippen LogP contribution in [0.15, 0.2) is 29.2 Å². The Morgan fingerprint density at radius 2 is 1.85 bits per heavy atom. The summed E-state index contributed by atoms with van der Waals surface area (Å²) in [7, 11) is -3.73. The number of hydrogen-bond acceptors (Lipinski definition) is 3. The summed E-state index contributed by atoms with van der Waals surface area (Å²) in [4.78, 5) is 14.1. The van der Waals surface area contributed by atoms with Gasteiger partial charge in [-0.05, 0) is 37.0 Å². The molecule has 1 aromatic carbocycles. The molecule has 2 amide bonds. The normalized spacial score (nSPS) is 25.1. The third-order valence-electron chi connectivity index (χ3n) is 5.38. The molecule has 0 aromatic heterocycles. The Balaban J connectivity index is 1.57. The van der Waals surface area contributed by atoms with Crippen LogP contribution in [0.3, 0.4) is 0 Å². The molecule has 6 nitrogen and oxygen atoms in total. The molecule has 8 heteroatoms. The first-order chi connectivity index (χ1) is 12.4. The minimum absolute atomic E-state index is 0.0496. The van der Waals surface area contributed by atoms with E-state index < -0.39 is 15.8 Å². The number of urea groups is 1. The zero-order chi connectivity index (χ0) is 18.7. The molecule has 144 valence electrons. The molecule has 2 unspecified atom stereocenters. The molecule has 2 atom stereocenters. The maximum absolute atomic E-state index is 13.3. The second kappa shape index (κ2) is 7.92. The lowest BCUT2D eigenvalue weighted by Crippen LogP contribution is -2.55. The maximum atomic E-state index is 13.3. The Bertz CT molecular complexity index is 748. The highest BCUT2D eigenvalue weighted by atomic mass is 32.2. The average molecular weight is 383 g/mol. The molecule has 3 rings (SSSR count). The molecule has 0 spiro atoms. The number of carbonyl (C=O) groups is 1. The van der Waals surface area contributed by atoms with Crippen molar-refractivity contribution >= 4 is 16.1 Å². The highest BCUT2D eigenvalue weighted by molar-refractivity contribution is 7.89. The third kappa shape index (κ3) is 4.17. The van der Waals surface area contributed by atoms with Crippen LogP contribution < -0.4 is 5.32 Å². The Labute approximate surface area is 154 Å². The van der Waals surface area contributed by atoms with E-state index >= 15 is 0 Å². The van der Waals surface area contributed by atoms with Gasteiger partial charge in [0, 0.05) is 32.2 Å². The van der Waals surface area contributed by atoms with Crippen molar-refractivity contribution in [2.45, 2.75) is 43.5 Å². The summed E-state index contributed by atoms with van der Waals surface area (Å²) in [6.07, 6.45) is 4.48.